The minimum atomic E-state index is 0.323. The minimum absolute atomic E-state index is 0.323. The number of hydrogen-bond donors (Lipinski definition) is 2. The van der Waals surface area contributed by atoms with Gasteiger partial charge in [0.2, 0.25) is 5.75 Å². The van der Waals surface area contributed by atoms with E-state index in [0.29, 0.717) is 23.4 Å². The topological polar surface area (TPSA) is 82.3 Å². The number of nitrogen functional groups attached to an aromatic ring is 1. The molecule has 2 rings (SSSR count). The van der Waals surface area contributed by atoms with Crippen LogP contribution < -0.4 is 20.7 Å². The number of para-hydroxylation sites is 1. The molecule has 0 aliphatic rings. The second-order valence-electron chi connectivity index (χ2n) is 4.50. The molecule has 1 aromatic carbocycles. The van der Waals surface area contributed by atoms with Gasteiger partial charge in [-0.2, -0.15) is 4.98 Å². The SMILES string of the molecule is COc1c(NN)ncnc1Oc1ccccc1C(C)C. The Morgan fingerprint density at radius 1 is 1.20 bits per heavy atom. The van der Waals surface area contributed by atoms with Crippen molar-refractivity contribution < 1.29 is 9.47 Å². The molecule has 0 saturated heterocycles. The molecule has 0 aliphatic carbocycles. The van der Waals surface area contributed by atoms with Gasteiger partial charge in [0.1, 0.15) is 12.1 Å². The van der Waals surface area contributed by atoms with Gasteiger partial charge in [-0.1, -0.05) is 32.0 Å². The van der Waals surface area contributed by atoms with Crippen molar-refractivity contribution in [3.05, 3.63) is 36.2 Å². The third-order valence-electron chi connectivity index (χ3n) is 2.86. The van der Waals surface area contributed by atoms with Gasteiger partial charge in [0.25, 0.3) is 5.88 Å². The Bertz CT molecular complexity index is 587. The first-order chi connectivity index (χ1) is 9.67. The van der Waals surface area contributed by atoms with Crippen LogP contribution in [-0.2, 0) is 0 Å². The summed E-state index contributed by atoms with van der Waals surface area (Å²) in [6, 6.07) is 7.81. The molecule has 0 radical (unpaired) electrons. The lowest BCUT2D eigenvalue weighted by Gasteiger charge is -2.15. The third kappa shape index (κ3) is 2.80. The molecule has 0 bridgehead atoms. The van der Waals surface area contributed by atoms with Gasteiger partial charge in [0.15, 0.2) is 5.82 Å². The molecule has 0 spiro atoms. The Kier molecular flexibility index (Phi) is 4.37. The number of nitrogens with two attached hydrogens (primary N) is 1. The van der Waals surface area contributed by atoms with Crippen molar-refractivity contribution in [1.82, 2.24) is 9.97 Å². The van der Waals surface area contributed by atoms with Crippen molar-refractivity contribution in [2.24, 2.45) is 5.84 Å². The summed E-state index contributed by atoms with van der Waals surface area (Å²) < 4.78 is 11.1. The van der Waals surface area contributed by atoms with Crippen LogP contribution in [0.1, 0.15) is 25.3 Å². The van der Waals surface area contributed by atoms with Crippen molar-refractivity contribution in [2.45, 2.75) is 19.8 Å². The first kappa shape index (κ1) is 14.1. The zero-order valence-corrected chi connectivity index (χ0v) is 11.8. The third-order valence-corrected chi connectivity index (χ3v) is 2.86. The van der Waals surface area contributed by atoms with Crippen LogP contribution in [0.3, 0.4) is 0 Å². The quantitative estimate of drug-likeness (QED) is 0.644. The lowest BCUT2D eigenvalue weighted by atomic mass is 10.0. The number of hydrogen-bond acceptors (Lipinski definition) is 6. The van der Waals surface area contributed by atoms with Crippen molar-refractivity contribution in [2.75, 3.05) is 12.5 Å². The standard InChI is InChI=1S/C14H18N4O2/c1-9(2)10-6-4-5-7-11(10)20-14-12(19-3)13(18-15)16-8-17-14/h4-9H,15H2,1-3H3,(H,16,17,18). The summed E-state index contributed by atoms with van der Waals surface area (Å²) in [4.78, 5) is 8.08. The molecule has 6 nitrogen and oxygen atoms in total. The fourth-order valence-electron chi connectivity index (χ4n) is 1.87. The van der Waals surface area contributed by atoms with Gasteiger partial charge in [-0.15, -0.1) is 0 Å². The predicted molar refractivity (Wildman–Crippen MR) is 77.0 cm³/mol. The van der Waals surface area contributed by atoms with Crippen molar-refractivity contribution in [3.63, 3.8) is 0 Å². The molecule has 1 heterocycles. The van der Waals surface area contributed by atoms with Crippen LogP contribution in [0.5, 0.6) is 17.4 Å². The molecule has 0 aliphatic heterocycles. The molecule has 106 valence electrons. The summed E-state index contributed by atoms with van der Waals surface area (Å²) in [6.45, 7) is 4.21. The predicted octanol–water partition coefficient (Wildman–Crippen LogP) is 2.69. The Hall–Kier alpha value is -2.34. The average molecular weight is 274 g/mol. The summed E-state index contributed by atoms with van der Waals surface area (Å²) in [5.74, 6) is 7.53. The number of ether oxygens (including phenoxy) is 2. The zero-order valence-electron chi connectivity index (χ0n) is 11.8. The van der Waals surface area contributed by atoms with Gasteiger partial charge in [0, 0.05) is 0 Å². The molecule has 2 aromatic rings. The highest BCUT2D eigenvalue weighted by Gasteiger charge is 2.15. The van der Waals surface area contributed by atoms with Crippen LogP contribution in [-0.4, -0.2) is 17.1 Å². The largest absolute Gasteiger partial charge is 0.489 e. The summed E-state index contributed by atoms with van der Waals surface area (Å²) in [5.41, 5.74) is 3.55. The van der Waals surface area contributed by atoms with E-state index in [0.717, 1.165) is 11.3 Å². The molecule has 0 atom stereocenters. The van der Waals surface area contributed by atoms with E-state index in [-0.39, 0.29) is 0 Å². The van der Waals surface area contributed by atoms with Crippen molar-refractivity contribution in [3.8, 4) is 17.4 Å². The van der Waals surface area contributed by atoms with E-state index >= 15 is 0 Å². The van der Waals surface area contributed by atoms with Gasteiger partial charge < -0.3 is 14.9 Å². The van der Waals surface area contributed by atoms with Gasteiger partial charge in [-0.3, -0.25) is 0 Å². The van der Waals surface area contributed by atoms with Crippen molar-refractivity contribution >= 4 is 5.82 Å². The molecular weight excluding hydrogens is 256 g/mol. The highest BCUT2D eigenvalue weighted by Crippen LogP contribution is 2.36. The molecular formula is C14H18N4O2. The summed E-state index contributed by atoms with van der Waals surface area (Å²) in [5, 5.41) is 0. The average Bonchev–Trinajstić information content (AvgIpc) is 2.47. The van der Waals surface area contributed by atoms with Crippen molar-refractivity contribution in [1.29, 1.82) is 0 Å². The van der Waals surface area contributed by atoms with Gasteiger partial charge >= 0.3 is 0 Å². The maximum absolute atomic E-state index is 5.86. The maximum atomic E-state index is 5.86. The second kappa shape index (κ2) is 6.21. The number of nitrogens with zero attached hydrogens (tertiary/aromatic N) is 2. The first-order valence-corrected chi connectivity index (χ1v) is 6.29. The molecule has 3 N–H and O–H groups in total. The maximum Gasteiger partial charge on any atom is 0.268 e. The Morgan fingerprint density at radius 3 is 2.60 bits per heavy atom. The van der Waals surface area contributed by atoms with E-state index in [2.05, 4.69) is 29.2 Å². The lowest BCUT2D eigenvalue weighted by molar-refractivity contribution is 0.367. The van der Waals surface area contributed by atoms with E-state index in [1.807, 2.05) is 24.3 Å². The van der Waals surface area contributed by atoms with Crippen LogP contribution >= 0.6 is 0 Å². The number of rotatable bonds is 5. The minimum Gasteiger partial charge on any atom is -0.489 e. The number of aromatic nitrogens is 2. The molecule has 0 fully saturated rings. The smallest absolute Gasteiger partial charge is 0.268 e. The molecule has 6 heteroatoms. The lowest BCUT2D eigenvalue weighted by Crippen LogP contribution is -2.11. The van der Waals surface area contributed by atoms with Crippen LogP contribution in [0, 0.1) is 0 Å². The van der Waals surface area contributed by atoms with E-state index in [4.69, 9.17) is 15.3 Å². The molecule has 0 amide bonds. The first-order valence-electron chi connectivity index (χ1n) is 6.29. The van der Waals surface area contributed by atoms with E-state index in [9.17, 15) is 0 Å². The Labute approximate surface area is 117 Å². The summed E-state index contributed by atoms with van der Waals surface area (Å²) in [6.07, 6.45) is 1.37. The van der Waals surface area contributed by atoms with Gasteiger partial charge in [-0.05, 0) is 17.5 Å². The molecule has 0 saturated carbocycles. The summed E-state index contributed by atoms with van der Waals surface area (Å²) in [7, 11) is 1.51. The van der Waals surface area contributed by atoms with Crippen LogP contribution in [0.15, 0.2) is 30.6 Å². The molecule has 1 aromatic heterocycles. The van der Waals surface area contributed by atoms with Gasteiger partial charge in [0.05, 0.1) is 7.11 Å². The van der Waals surface area contributed by atoms with Gasteiger partial charge in [-0.25, -0.2) is 10.8 Å². The van der Waals surface area contributed by atoms with E-state index in [1.165, 1.54) is 13.4 Å². The van der Waals surface area contributed by atoms with E-state index < -0.39 is 0 Å². The number of hydrazine groups is 1. The number of nitrogens with one attached hydrogen (secondary N) is 1. The fraction of sp³-hybridized carbons (Fsp3) is 0.286. The highest BCUT2D eigenvalue weighted by atomic mass is 16.5. The second-order valence-corrected chi connectivity index (χ2v) is 4.50. The van der Waals surface area contributed by atoms with Crippen LogP contribution in [0.25, 0.3) is 0 Å². The molecule has 20 heavy (non-hydrogen) atoms. The Morgan fingerprint density at radius 2 is 1.95 bits per heavy atom. The summed E-state index contributed by atoms with van der Waals surface area (Å²) >= 11 is 0. The van der Waals surface area contributed by atoms with Crippen LogP contribution in [0.2, 0.25) is 0 Å². The number of anilines is 1. The Balaban J connectivity index is 2.40. The molecule has 0 unspecified atom stereocenters. The zero-order chi connectivity index (χ0) is 14.5. The normalized spacial score (nSPS) is 10.4. The fourth-order valence-corrected chi connectivity index (χ4v) is 1.87. The highest BCUT2D eigenvalue weighted by molar-refractivity contribution is 5.55. The monoisotopic (exact) mass is 274 g/mol. The number of benzene rings is 1. The van der Waals surface area contributed by atoms with E-state index in [1.54, 1.807) is 0 Å². The van der Waals surface area contributed by atoms with Crippen LogP contribution in [0.4, 0.5) is 5.82 Å². The number of methoxy groups -OCH3 is 1.